The number of piperazine rings is 1. The van der Waals surface area contributed by atoms with Gasteiger partial charge in [-0.2, -0.15) is 0 Å². The van der Waals surface area contributed by atoms with E-state index in [1.807, 2.05) is 6.07 Å². The Labute approximate surface area is 152 Å². The number of fused-ring (bicyclic) bond motifs is 5. The van der Waals surface area contributed by atoms with Gasteiger partial charge in [0, 0.05) is 48.3 Å². The monoisotopic (exact) mass is 344 g/mol. The molecule has 0 atom stereocenters. The number of para-hydroxylation sites is 1. The molecular weight excluding hydrogens is 324 g/mol. The molecule has 1 aromatic heterocycles. The molecule has 0 amide bonds. The van der Waals surface area contributed by atoms with E-state index in [1.54, 1.807) is 7.11 Å². The molecule has 130 valence electrons. The minimum Gasteiger partial charge on any atom is -0.399 e. The van der Waals surface area contributed by atoms with Crippen LogP contribution in [0.5, 0.6) is 0 Å². The summed E-state index contributed by atoms with van der Waals surface area (Å²) in [4.78, 5) is 12.7. The van der Waals surface area contributed by atoms with E-state index >= 15 is 0 Å². The molecule has 1 fully saturated rings. The second-order valence-electron chi connectivity index (χ2n) is 6.61. The lowest BCUT2D eigenvalue weighted by molar-refractivity contribution is 0.214. The highest BCUT2D eigenvalue weighted by Crippen LogP contribution is 2.45. The van der Waals surface area contributed by atoms with Crippen LogP contribution in [0.2, 0.25) is 0 Å². The second-order valence-corrected chi connectivity index (χ2v) is 6.61. The van der Waals surface area contributed by atoms with E-state index in [0.717, 1.165) is 59.7 Å². The molecule has 1 aliphatic heterocycles. The number of nitrogens with one attached hydrogen (secondary N) is 1. The molecule has 1 N–H and O–H groups in total. The van der Waals surface area contributed by atoms with Crippen LogP contribution in [0.25, 0.3) is 22.0 Å². The van der Waals surface area contributed by atoms with Crippen molar-refractivity contribution in [1.82, 2.24) is 10.3 Å². The third-order valence-electron chi connectivity index (χ3n) is 5.16. The molecule has 0 unspecified atom stereocenters. The average molecular weight is 344 g/mol. The van der Waals surface area contributed by atoms with Gasteiger partial charge in [-0.3, -0.25) is 0 Å². The van der Waals surface area contributed by atoms with E-state index in [4.69, 9.17) is 9.82 Å². The summed E-state index contributed by atoms with van der Waals surface area (Å²) in [6.07, 6.45) is 0. The zero-order chi connectivity index (χ0) is 17.5. The second kappa shape index (κ2) is 6.11. The molecule has 5 rings (SSSR count). The van der Waals surface area contributed by atoms with Gasteiger partial charge in [-0.15, -0.1) is 0 Å². The van der Waals surface area contributed by atoms with E-state index in [-0.39, 0.29) is 0 Å². The normalized spacial score (nSPS) is 17.4. The fourth-order valence-corrected chi connectivity index (χ4v) is 4.03. The molecule has 2 aromatic carbocycles. The van der Waals surface area contributed by atoms with Crippen LogP contribution in [0.4, 0.5) is 5.82 Å². The molecule has 5 heteroatoms. The molecule has 2 aliphatic rings. The first-order valence-corrected chi connectivity index (χ1v) is 8.98. The summed E-state index contributed by atoms with van der Waals surface area (Å²) < 4.78 is 0. The summed E-state index contributed by atoms with van der Waals surface area (Å²) >= 11 is 0. The topological polar surface area (TPSA) is 49.8 Å². The van der Waals surface area contributed by atoms with Gasteiger partial charge in [0.25, 0.3) is 0 Å². The number of benzene rings is 2. The van der Waals surface area contributed by atoms with Crippen LogP contribution < -0.4 is 10.2 Å². The van der Waals surface area contributed by atoms with Crippen molar-refractivity contribution in [3.05, 3.63) is 59.7 Å². The van der Waals surface area contributed by atoms with E-state index < -0.39 is 0 Å². The molecule has 2 heterocycles. The molecule has 3 aromatic rings. The number of anilines is 1. The van der Waals surface area contributed by atoms with Crippen molar-refractivity contribution in [2.45, 2.75) is 0 Å². The zero-order valence-corrected chi connectivity index (χ0v) is 14.7. The van der Waals surface area contributed by atoms with Crippen molar-refractivity contribution in [2.24, 2.45) is 5.16 Å². The van der Waals surface area contributed by atoms with Crippen molar-refractivity contribution in [3.8, 4) is 11.1 Å². The Morgan fingerprint density at radius 2 is 1.69 bits per heavy atom. The first-order valence-electron chi connectivity index (χ1n) is 8.98. The van der Waals surface area contributed by atoms with Crippen LogP contribution in [0.3, 0.4) is 0 Å². The number of hydrogen-bond acceptors (Lipinski definition) is 5. The van der Waals surface area contributed by atoms with E-state index in [2.05, 4.69) is 57.8 Å². The van der Waals surface area contributed by atoms with Crippen LogP contribution in [0.1, 0.15) is 11.1 Å². The highest BCUT2D eigenvalue weighted by atomic mass is 16.6. The summed E-state index contributed by atoms with van der Waals surface area (Å²) in [6.45, 7) is 3.86. The molecule has 26 heavy (non-hydrogen) atoms. The highest BCUT2D eigenvalue weighted by Gasteiger charge is 2.32. The van der Waals surface area contributed by atoms with Crippen LogP contribution >= 0.6 is 0 Å². The maximum Gasteiger partial charge on any atom is 0.137 e. The predicted octanol–water partition coefficient (Wildman–Crippen LogP) is 3.02. The van der Waals surface area contributed by atoms with Crippen molar-refractivity contribution in [1.29, 1.82) is 0 Å². The number of pyridine rings is 1. The Morgan fingerprint density at radius 3 is 2.50 bits per heavy atom. The van der Waals surface area contributed by atoms with Gasteiger partial charge in [0.15, 0.2) is 0 Å². The standard InChI is InChI=1S/C21H20N4O/c1-26-24-20-15-7-3-2-6-14(15)19-18(20)16-8-4-5-9-17(16)23-21(19)25-12-10-22-11-13-25/h2-9,22H,10-13H2,1H3/b24-20+. The summed E-state index contributed by atoms with van der Waals surface area (Å²) in [7, 11) is 1.61. The first-order chi connectivity index (χ1) is 12.9. The SMILES string of the molecule is CO/N=C1\c2ccccc2-c2c(N3CCNCC3)nc3ccccc3c21. The number of oxime groups is 1. The van der Waals surface area contributed by atoms with Gasteiger partial charge < -0.3 is 15.1 Å². The number of nitrogens with zero attached hydrogens (tertiary/aromatic N) is 3. The van der Waals surface area contributed by atoms with E-state index in [9.17, 15) is 0 Å². The third kappa shape index (κ3) is 2.21. The largest absolute Gasteiger partial charge is 0.399 e. The van der Waals surface area contributed by atoms with Crippen molar-refractivity contribution < 1.29 is 4.84 Å². The lowest BCUT2D eigenvalue weighted by atomic mass is 10.0. The van der Waals surface area contributed by atoms with Gasteiger partial charge in [0.05, 0.1) is 5.52 Å². The van der Waals surface area contributed by atoms with E-state index in [0.29, 0.717) is 0 Å². The maximum atomic E-state index is 5.22. The number of hydrogen-bond donors (Lipinski definition) is 1. The highest BCUT2D eigenvalue weighted by molar-refractivity contribution is 6.30. The van der Waals surface area contributed by atoms with Crippen LogP contribution in [-0.2, 0) is 4.84 Å². The Bertz CT molecular complexity index is 1020. The van der Waals surface area contributed by atoms with Gasteiger partial charge >= 0.3 is 0 Å². The average Bonchev–Trinajstić information content (AvgIpc) is 3.03. The van der Waals surface area contributed by atoms with Crippen molar-refractivity contribution >= 4 is 22.4 Å². The summed E-state index contributed by atoms with van der Waals surface area (Å²) in [6, 6.07) is 16.7. The Hall–Kier alpha value is -2.92. The van der Waals surface area contributed by atoms with Gasteiger partial charge in [0.1, 0.15) is 18.6 Å². The number of aromatic nitrogens is 1. The first kappa shape index (κ1) is 15.3. The minimum absolute atomic E-state index is 0.896. The molecule has 0 spiro atoms. The Morgan fingerprint density at radius 1 is 0.962 bits per heavy atom. The molecule has 0 bridgehead atoms. The van der Waals surface area contributed by atoms with Gasteiger partial charge in [-0.1, -0.05) is 47.6 Å². The van der Waals surface area contributed by atoms with Crippen LogP contribution in [-0.4, -0.2) is 44.0 Å². The van der Waals surface area contributed by atoms with Gasteiger partial charge in [-0.05, 0) is 11.6 Å². The van der Waals surface area contributed by atoms with Crippen LogP contribution in [0, 0.1) is 0 Å². The minimum atomic E-state index is 0.896. The van der Waals surface area contributed by atoms with Crippen LogP contribution in [0.15, 0.2) is 53.7 Å². The summed E-state index contributed by atoms with van der Waals surface area (Å²) in [5.74, 6) is 1.05. The van der Waals surface area contributed by atoms with E-state index in [1.165, 1.54) is 11.1 Å². The van der Waals surface area contributed by atoms with Crippen molar-refractivity contribution in [2.75, 3.05) is 38.2 Å². The maximum absolute atomic E-state index is 5.22. The quantitative estimate of drug-likeness (QED) is 0.568. The van der Waals surface area contributed by atoms with Gasteiger partial charge in [0.2, 0.25) is 0 Å². The summed E-state index contributed by atoms with van der Waals surface area (Å²) in [5.41, 5.74) is 6.50. The molecular formula is C21H20N4O. The lowest BCUT2D eigenvalue weighted by Gasteiger charge is -2.30. The third-order valence-corrected chi connectivity index (χ3v) is 5.16. The van der Waals surface area contributed by atoms with Crippen molar-refractivity contribution in [3.63, 3.8) is 0 Å². The predicted molar refractivity (Wildman–Crippen MR) is 105 cm³/mol. The lowest BCUT2D eigenvalue weighted by Crippen LogP contribution is -2.44. The van der Waals surface area contributed by atoms with Gasteiger partial charge in [-0.25, -0.2) is 4.98 Å². The fraction of sp³-hybridized carbons (Fsp3) is 0.238. The molecule has 1 aliphatic carbocycles. The zero-order valence-electron chi connectivity index (χ0n) is 14.7. The smallest absolute Gasteiger partial charge is 0.137 e. The Balaban J connectivity index is 1.88. The molecule has 0 radical (unpaired) electrons. The molecule has 5 nitrogen and oxygen atoms in total. The Kier molecular flexibility index (Phi) is 3.60. The fourth-order valence-electron chi connectivity index (χ4n) is 4.03. The summed E-state index contributed by atoms with van der Waals surface area (Å²) in [5, 5.41) is 8.94. The number of rotatable bonds is 2. The molecule has 1 saturated heterocycles. The molecule has 0 saturated carbocycles.